The summed E-state index contributed by atoms with van der Waals surface area (Å²) in [5.74, 6) is 1.04. The summed E-state index contributed by atoms with van der Waals surface area (Å²) >= 11 is 0. The smallest absolute Gasteiger partial charge is 0.226 e. The van der Waals surface area contributed by atoms with E-state index in [4.69, 9.17) is 4.74 Å². The van der Waals surface area contributed by atoms with Crippen LogP contribution < -0.4 is 5.32 Å². The van der Waals surface area contributed by atoms with Gasteiger partial charge in [0.05, 0.1) is 30.5 Å². The van der Waals surface area contributed by atoms with Crippen molar-refractivity contribution in [1.29, 1.82) is 0 Å². The topological polar surface area (TPSA) is 69.0 Å². The highest BCUT2D eigenvalue weighted by molar-refractivity contribution is 5.79. The lowest BCUT2D eigenvalue weighted by Gasteiger charge is -2.19. The number of aromatic nitrogens is 3. The number of amides is 1. The van der Waals surface area contributed by atoms with E-state index in [-0.39, 0.29) is 17.9 Å². The minimum atomic E-state index is -0.196. The lowest BCUT2D eigenvalue weighted by molar-refractivity contribution is -0.127. The first-order chi connectivity index (χ1) is 11.8. The molecule has 0 aliphatic carbocycles. The number of hydrogen-bond donors (Lipinski definition) is 1. The van der Waals surface area contributed by atoms with Gasteiger partial charge in [0.1, 0.15) is 5.82 Å². The van der Waals surface area contributed by atoms with E-state index in [2.05, 4.69) is 19.9 Å². The summed E-state index contributed by atoms with van der Waals surface area (Å²) < 4.78 is 8.03. The summed E-state index contributed by atoms with van der Waals surface area (Å²) in [4.78, 5) is 21.3. The minimum Gasteiger partial charge on any atom is -0.373 e. The van der Waals surface area contributed by atoms with Crippen LogP contribution in [0.4, 0.5) is 0 Å². The van der Waals surface area contributed by atoms with Crippen LogP contribution in [0.15, 0.2) is 30.7 Å². The van der Waals surface area contributed by atoms with Crippen LogP contribution in [0.2, 0.25) is 0 Å². The highest BCUT2D eigenvalue weighted by atomic mass is 16.5. The summed E-state index contributed by atoms with van der Waals surface area (Å²) in [6.07, 6.45) is 9.38. The zero-order chi connectivity index (χ0) is 16.4. The number of ether oxygens (including phenoxy) is 1. The Kier molecular flexibility index (Phi) is 4.30. The van der Waals surface area contributed by atoms with Crippen LogP contribution in [-0.2, 0) is 29.0 Å². The van der Waals surface area contributed by atoms with E-state index in [9.17, 15) is 4.79 Å². The van der Waals surface area contributed by atoms with Crippen molar-refractivity contribution < 1.29 is 9.53 Å². The summed E-state index contributed by atoms with van der Waals surface area (Å²) in [7, 11) is 0. The van der Waals surface area contributed by atoms with Gasteiger partial charge in [0.25, 0.3) is 0 Å². The second-order valence-electron chi connectivity index (χ2n) is 6.47. The standard InChI is InChI=1S/C18H22N4O2/c23-18(15-6-9-24-17(15)13-4-3-7-19-10-13)21-12-14-11-20-16-5-1-2-8-22(14)16/h3-4,7,10-11,15,17H,1-2,5-6,8-9,12H2,(H,21,23)/t15-,17+/m0/s1. The maximum atomic E-state index is 12.7. The van der Waals surface area contributed by atoms with Crippen molar-refractivity contribution in [2.75, 3.05) is 6.61 Å². The number of carbonyl (C=O) groups excluding carboxylic acids is 1. The van der Waals surface area contributed by atoms with Gasteiger partial charge in [-0.3, -0.25) is 9.78 Å². The summed E-state index contributed by atoms with van der Waals surface area (Å²) in [6, 6.07) is 3.85. The van der Waals surface area contributed by atoms with Crippen LogP contribution >= 0.6 is 0 Å². The minimum absolute atomic E-state index is 0.0488. The van der Waals surface area contributed by atoms with Gasteiger partial charge >= 0.3 is 0 Å². The Labute approximate surface area is 141 Å². The van der Waals surface area contributed by atoms with E-state index < -0.39 is 0 Å². The number of rotatable bonds is 4. The third-order valence-electron chi connectivity index (χ3n) is 4.94. The van der Waals surface area contributed by atoms with Gasteiger partial charge in [-0.05, 0) is 30.9 Å². The first-order valence-corrected chi connectivity index (χ1v) is 8.65. The number of hydrogen-bond acceptors (Lipinski definition) is 4. The molecule has 6 heteroatoms. The molecule has 4 rings (SSSR count). The Balaban J connectivity index is 1.42. The fraction of sp³-hybridized carbons (Fsp3) is 0.500. The number of fused-ring (bicyclic) bond motifs is 1. The van der Waals surface area contributed by atoms with E-state index in [1.54, 1.807) is 12.4 Å². The second-order valence-corrected chi connectivity index (χ2v) is 6.47. The molecule has 1 fully saturated rings. The summed E-state index contributed by atoms with van der Waals surface area (Å²) in [5, 5.41) is 3.08. The van der Waals surface area contributed by atoms with E-state index in [1.807, 2.05) is 18.3 Å². The van der Waals surface area contributed by atoms with Gasteiger partial charge < -0.3 is 14.6 Å². The molecule has 0 bridgehead atoms. The average molecular weight is 326 g/mol. The third kappa shape index (κ3) is 2.94. The van der Waals surface area contributed by atoms with Crippen molar-refractivity contribution in [2.45, 2.75) is 44.9 Å². The SMILES string of the molecule is O=C(NCc1cnc2n1CCCC2)[C@H]1CCO[C@@H]1c1cccnc1. The van der Waals surface area contributed by atoms with Crippen molar-refractivity contribution in [2.24, 2.45) is 5.92 Å². The maximum absolute atomic E-state index is 12.7. The quantitative estimate of drug-likeness (QED) is 0.933. The molecule has 1 amide bonds. The number of carbonyl (C=O) groups is 1. The lowest BCUT2D eigenvalue weighted by atomic mass is 9.95. The highest BCUT2D eigenvalue weighted by Gasteiger charge is 2.35. The Bertz CT molecular complexity index is 713. The molecule has 0 aromatic carbocycles. The molecule has 2 aliphatic heterocycles. The van der Waals surface area contributed by atoms with Gasteiger partial charge in [-0.15, -0.1) is 0 Å². The molecule has 0 unspecified atom stereocenters. The van der Waals surface area contributed by atoms with Crippen LogP contribution in [0.5, 0.6) is 0 Å². The van der Waals surface area contributed by atoms with Gasteiger partial charge in [0.2, 0.25) is 5.91 Å². The number of nitrogens with one attached hydrogen (secondary N) is 1. The highest BCUT2D eigenvalue weighted by Crippen LogP contribution is 2.34. The average Bonchev–Trinajstić information content (AvgIpc) is 3.28. The number of aryl methyl sites for hydroxylation is 1. The van der Waals surface area contributed by atoms with Crippen molar-refractivity contribution in [3.8, 4) is 0 Å². The van der Waals surface area contributed by atoms with Crippen molar-refractivity contribution in [1.82, 2.24) is 19.9 Å². The molecule has 2 aromatic rings. The Hall–Kier alpha value is -2.21. The van der Waals surface area contributed by atoms with Crippen molar-refractivity contribution >= 4 is 5.91 Å². The first-order valence-electron chi connectivity index (χ1n) is 8.65. The molecule has 0 radical (unpaired) electrons. The Morgan fingerprint density at radius 1 is 1.38 bits per heavy atom. The molecule has 4 heterocycles. The molecule has 6 nitrogen and oxygen atoms in total. The molecule has 0 spiro atoms. The zero-order valence-corrected chi connectivity index (χ0v) is 13.6. The van der Waals surface area contributed by atoms with E-state index in [1.165, 1.54) is 12.8 Å². The van der Waals surface area contributed by atoms with Gasteiger partial charge in [0.15, 0.2) is 0 Å². The van der Waals surface area contributed by atoms with Crippen molar-refractivity contribution in [3.63, 3.8) is 0 Å². The maximum Gasteiger partial charge on any atom is 0.226 e. The van der Waals surface area contributed by atoms with Gasteiger partial charge in [-0.25, -0.2) is 4.98 Å². The molecule has 126 valence electrons. The van der Waals surface area contributed by atoms with E-state index in [0.717, 1.165) is 36.5 Å². The first kappa shape index (κ1) is 15.3. The number of pyridine rings is 1. The van der Waals surface area contributed by atoms with E-state index in [0.29, 0.717) is 13.2 Å². The van der Waals surface area contributed by atoms with Crippen molar-refractivity contribution in [3.05, 3.63) is 47.8 Å². The molecule has 24 heavy (non-hydrogen) atoms. The van der Waals surface area contributed by atoms with Crippen LogP contribution in [-0.4, -0.2) is 27.0 Å². The van der Waals surface area contributed by atoms with E-state index >= 15 is 0 Å². The fourth-order valence-electron chi connectivity index (χ4n) is 3.66. The largest absolute Gasteiger partial charge is 0.373 e. The van der Waals surface area contributed by atoms with Crippen LogP contribution in [0.1, 0.15) is 42.4 Å². The van der Waals surface area contributed by atoms with Gasteiger partial charge in [0, 0.05) is 32.0 Å². The molecule has 2 aromatic heterocycles. The number of imidazole rings is 1. The molecule has 1 saturated heterocycles. The normalized spacial score (nSPS) is 23.0. The van der Waals surface area contributed by atoms with Crippen LogP contribution in [0.25, 0.3) is 0 Å². The molecule has 1 N–H and O–H groups in total. The number of nitrogens with zero attached hydrogens (tertiary/aromatic N) is 3. The summed E-state index contributed by atoms with van der Waals surface area (Å²) in [6.45, 7) is 2.15. The molecule has 0 saturated carbocycles. The molecule has 2 atom stereocenters. The fourth-order valence-corrected chi connectivity index (χ4v) is 3.66. The lowest BCUT2D eigenvalue weighted by Crippen LogP contribution is -2.32. The monoisotopic (exact) mass is 326 g/mol. The van der Waals surface area contributed by atoms with Gasteiger partial charge in [-0.2, -0.15) is 0 Å². The molecular formula is C18H22N4O2. The van der Waals surface area contributed by atoms with Gasteiger partial charge in [-0.1, -0.05) is 6.07 Å². The third-order valence-corrected chi connectivity index (χ3v) is 4.94. The molecular weight excluding hydrogens is 304 g/mol. The second kappa shape index (κ2) is 6.73. The summed E-state index contributed by atoms with van der Waals surface area (Å²) in [5.41, 5.74) is 2.06. The van der Waals surface area contributed by atoms with Crippen LogP contribution in [0.3, 0.4) is 0 Å². The predicted octanol–water partition coefficient (Wildman–Crippen LogP) is 2.01. The van der Waals surface area contributed by atoms with Crippen LogP contribution in [0, 0.1) is 5.92 Å². The molecule has 2 aliphatic rings. The predicted molar refractivity (Wildman–Crippen MR) is 88.0 cm³/mol. The Morgan fingerprint density at radius 2 is 2.33 bits per heavy atom. The zero-order valence-electron chi connectivity index (χ0n) is 13.6. The Morgan fingerprint density at radius 3 is 3.21 bits per heavy atom.